The Morgan fingerprint density at radius 3 is 2.38 bits per heavy atom. The Balaban J connectivity index is 2.13. The third kappa shape index (κ3) is 1.46. The van der Waals surface area contributed by atoms with Crippen LogP contribution in [0, 0.1) is 0 Å². The summed E-state index contributed by atoms with van der Waals surface area (Å²) < 4.78 is 10.4. The molecule has 0 bridgehead atoms. The maximum Gasteiger partial charge on any atom is 0.157 e. The maximum absolute atomic E-state index is 5.20. The van der Waals surface area contributed by atoms with Gasteiger partial charge in [0.25, 0.3) is 0 Å². The zero-order valence-electron chi connectivity index (χ0n) is 5.22. The van der Waals surface area contributed by atoms with Gasteiger partial charge in [0.15, 0.2) is 6.29 Å². The molecule has 0 N–H and O–H groups in total. The topological polar surface area (TPSA) is 18.5 Å². The molecule has 0 radical (unpaired) electrons. The minimum Gasteiger partial charge on any atom is -0.353 e. The first-order valence-electron chi connectivity index (χ1n) is 3.16. The fraction of sp³-hybridized carbons (Fsp3) is 1.00. The predicted octanol–water partition coefficient (Wildman–Crippen LogP) is 1.16. The highest BCUT2D eigenvalue weighted by Gasteiger charge is 2.09. The summed E-state index contributed by atoms with van der Waals surface area (Å²) >= 11 is 0. The second-order valence-electron chi connectivity index (χ2n) is 1.93. The van der Waals surface area contributed by atoms with Crippen LogP contribution in [0.5, 0.6) is 0 Å². The van der Waals surface area contributed by atoms with E-state index in [1.54, 1.807) is 0 Å². The Kier molecular flexibility index (Phi) is 2.30. The fourth-order valence-corrected chi connectivity index (χ4v) is 0.772. The summed E-state index contributed by atoms with van der Waals surface area (Å²) in [5, 5.41) is 0. The van der Waals surface area contributed by atoms with Gasteiger partial charge in [-0.25, -0.2) is 0 Å². The highest BCUT2D eigenvalue weighted by Crippen LogP contribution is 2.06. The number of hydrogen-bond acceptors (Lipinski definition) is 2. The molecular formula is C6H12O2. The lowest BCUT2D eigenvalue weighted by Crippen LogP contribution is -2.23. The van der Waals surface area contributed by atoms with Gasteiger partial charge in [-0.05, 0) is 12.8 Å². The van der Waals surface area contributed by atoms with E-state index >= 15 is 0 Å². The van der Waals surface area contributed by atoms with Crippen LogP contribution in [0.2, 0.25) is 0 Å². The van der Waals surface area contributed by atoms with Gasteiger partial charge >= 0.3 is 0 Å². The van der Waals surface area contributed by atoms with Crippen LogP contribution < -0.4 is 0 Å². The van der Waals surface area contributed by atoms with Gasteiger partial charge in [-0.2, -0.15) is 0 Å². The molecule has 0 aromatic rings. The van der Waals surface area contributed by atoms with E-state index in [4.69, 9.17) is 9.47 Å². The molecule has 2 nitrogen and oxygen atoms in total. The lowest BCUT2D eigenvalue weighted by Gasteiger charge is -2.21. The SMILES string of the molecule is CCC1OCCCO1. The predicted molar refractivity (Wildman–Crippen MR) is 30.6 cm³/mol. The minimum absolute atomic E-state index is 0.0868. The molecule has 0 spiro atoms. The zero-order chi connectivity index (χ0) is 5.82. The first-order valence-corrected chi connectivity index (χ1v) is 3.16. The van der Waals surface area contributed by atoms with Crippen molar-refractivity contribution in [1.29, 1.82) is 0 Å². The van der Waals surface area contributed by atoms with Crippen LogP contribution in [0.15, 0.2) is 0 Å². The van der Waals surface area contributed by atoms with E-state index in [0.29, 0.717) is 0 Å². The van der Waals surface area contributed by atoms with E-state index in [9.17, 15) is 0 Å². The van der Waals surface area contributed by atoms with E-state index in [0.717, 1.165) is 26.1 Å². The lowest BCUT2D eigenvalue weighted by molar-refractivity contribution is -0.178. The molecule has 0 aliphatic carbocycles. The summed E-state index contributed by atoms with van der Waals surface area (Å²) in [7, 11) is 0. The molecular weight excluding hydrogens is 104 g/mol. The average Bonchev–Trinajstić information content (AvgIpc) is 1.90. The van der Waals surface area contributed by atoms with Crippen molar-refractivity contribution in [2.75, 3.05) is 13.2 Å². The molecule has 1 heterocycles. The third-order valence-electron chi connectivity index (χ3n) is 1.23. The van der Waals surface area contributed by atoms with Crippen LogP contribution in [-0.2, 0) is 9.47 Å². The van der Waals surface area contributed by atoms with Gasteiger partial charge in [-0.15, -0.1) is 0 Å². The maximum atomic E-state index is 5.20. The van der Waals surface area contributed by atoms with Gasteiger partial charge < -0.3 is 9.47 Å². The van der Waals surface area contributed by atoms with Crippen molar-refractivity contribution in [3.63, 3.8) is 0 Å². The molecule has 0 aromatic heterocycles. The van der Waals surface area contributed by atoms with Crippen molar-refractivity contribution in [3.05, 3.63) is 0 Å². The fourth-order valence-electron chi connectivity index (χ4n) is 0.772. The Bertz CT molecular complexity index is 57.5. The highest BCUT2D eigenvalue weighted by atomic mass is 16.7. The normalized spacial score (nSPS) is 23.6. The minimum atomic E-state index is 0.0868. The Morgan fingerprint density at radius 1 is 1.38 bits per heavy atom. The van der Waals surface area contributed by atoms with E-state index in [2.05, 4.69) is 6.92 Å². The molecule has 1 aliphatic rings. The van der Waals surface area contributed by atoms with Crippen LogP contribution in [0.4, 0.5) is 0 Å². The first-order chi connectivity index (χ1) is 3.93. The Hall–Kier alpha value is -0.0800. The van der Waals surface area contributed by atoms with Crippen LogP contribution in [0.1, 0.15) is 19.8 Å². The smallest absolute Gasteiger partial charge is 0.157 e. The molecule has 1 fully saturated rings. The summed E-state index contributed by atoms with van der Waals surface area (Å²) in [6.45, 7) is 3.81. The average molecular weight is 116 g/mol. The Morgan fingerprint density at radius 2 is 2.00 bits per heavy atom. The summed E-state index contributed by atoms with van der Waals surface area (Å²) in [6, 6.07) is 0. The van der Waals surface area contributed by atoms with E-state index in [1.165, 1.54) is 0 Å². The molecule has 0 unspecified atom stereocenters. The molecule has 1 rings (SSSR count). The van der Waals surface area contributed by atoms with Gasteiger partial charge in [0, 0.05) is 0 Å². The summed E-state index contributed by atoms with van der Waals surface area (Å²) in [5.41, 5.74) is 0. The summed E-state index contributed by atoms with van der Waals surface area (Å²) in [4.78, 5) is 0. The van der Waals surface area contributed by atoms with Gasteiger partial charge in [0.05, 0.1) is 13.2 Å². The molecule has 8 heavy (non-hydrogen) atoms. The van der Waals surface area contributed by atoms with Gasteiger partial charge in [-0.1, -0.05) is 6.92 Å². The molecule has 0 amide bonds. The molecule has 2 heteroatoms. The second kappa shape index (κ2) is 3.05. The van der Waals surface area contributed by atoms with Crippen LogP contribution in [0.25, 0.3) is 0 Å². The number of hydrogen-bond donors (Lipinski definition) is 0. The first kappa shape index (κ1) is 6.05. The van der Waals surface area contributed by atoms with Gasteiger partial charge in [0.1, 0.15) is 0 Å². The quantitative estimate of drug-likeness (QED) is 0.511. The molecule has 0 atom stereocenters. The number of ether oxygens (including phenoxy) is 2. The molecule has 1 aliphatic heterocycles. The highest BCUT2D eigenvalue weighted by molar-refractivity contribution is 4.47. The van der Waals surface area contributed by atoms with E-state index < -0.39 is 0 Å². The molecule has 0 aromatic carbocycles. The lowest BCUT2D eigenvalue weighted by atomic mass is 10.4. The third-order valence-corrected chi connectivity index (χ3v) is 1.23. The monoisotopic (exact) mass is 116 g/mol. The Labute approximate surface area is 49.8 Å². The van der Waals surface area contributed by atoms with Crippen molar-refractivity contribution in [2.24, 2.45) is 0 Å². The largest absolute Gasteiger partial charge is 0.353 e. The second-order valence-corrected chi connectivity index (χ2v) is 1.93. The van der Waals surface area contributed by atoms with Crippen LogP contribution >= 0.6 is 0 Å². The van der Waals surface area contributed by atoms with E-state index in [-0.39, 0.29) is 6.29 Å². The van der Waals surface area contributed by atoms with Gasteiger partial charge in [-0.3, -0.25) is 0 Å². The molecule has 0 saturated carbocycles. The molecule has 48 valence electrons. The zero-order valence-corrected chi connectivity index (χ0v) is 5.22. The molecule has 1 saturated heterocycles. The van der Waals surface area contributed by atoms with Crippen molar-refractivity contribution >= 4 is 0 Å². The summed E-state index contributed by atoms with van der Waals surface area (Å²) in [6.07, 6.45) is 2.11. The van der Waals surface area contributed by atoms with Crippen molar-refractivity contribution < 1.29 is 9.47 Å². The van der Waals surface area contributed by atoms with Crippen LogP contribution in [-0.4, -0.2) is 19.5 Å². The van der Waals surface area contributed by atoms with Crippen LogP contribution in [0.3, 0.4) is 0 Å². The van der Waals surface area contributed by atoms with Crippen molar-refractivity contribution in [1.82, 2.24) is 0 Å². The van der Waals surface area contributed by atoms with Crippen molar-refractivity contribution in [2.45, 2.75) is 26.1 Å². The van der Waals surface area contributed by atoms with Crippen molar-refractivity contribution in [3.8, 4) is 0 Å². The number of rotatable bonds is 1. The summed E-state index contributed by atoms with van der Waals surface area (Å²) in [5.74, 6) is 0. The standard InChI is InChI=1S/C6H12O2/c1-2-6-7-4-3-5-8-6/h6H,2-5H2,1H3. The van der Waals surface area contributed by atoms with E-state index in [1.807, 2.05) is 0 Å². The van der Waals surface area contributed by atoms with Gasteiger partial charge in [0.2, 0.25) is 0 Å².